The van der Waals surface area contributed by atoms with Crippen LogP contribution in [-0.2, 0) is 0 Å². The van der Waals surface area contributed by atoms with Crippen LogP contribution in [0.2, 0.25) is 0 Å². The Hall–Kier alpha value is -2.62. The molecule has 0 atom stereocenters. The molecule has 0 saturated carbocycles. The van der Waals surface area contributed by atoms with E-state index in [9.17, 15) is 9.59 Å². The molecule has 0 heterocycles. The first-order chi connectivity index (χ1) is 15.6. The zero-order chi connectivity index (χ0) is 24.7. The molecule has 180 valence electrons. The summed E-state index contributed by atoms with van der Waals surface area (Å²) in [6.07, 6.45) is 0.680. The van der Waals surface area contributed by atoms with Gasteiger partial charge in [-0.1, -0.05) is 91.8 Å². The van der Waals surface area contributed by atoms with Crippen molar-refractivity contribution >= 4 is 11.8 Å². The minimum absolute atomic E-state index is 0.0263. The van der Waals surface area contributed by atoms with E-state index in [0.29, 0.717) is 19.5 Å². The molecule has 0 saturated heterocycles. The molecular weight excluding hydrogens is 408 g/mol. The number of carbonyl (C=O) groups excluding carboxylic acids is 2. The van der Waals surface area contributed by atoms with Gasteiger partial charge in [0.1, 0.15) is 0 Å². The number of amides is 2. The Bertz CT molecular complexity index is 828. The lowest BCUT2D eigenvalue weighted by atomic mass is 9.88. The Kier molecular flexibility index (Phi) is 9.70. The van der Waals surface area contributed by atoms with Crippen LogP contribution in [0.1, 0.15) is 128 Å². The topological polar surface area (TPSA) is 58.2 Å². The first-order valence-corrected chi connectivity index (χ1v) is 12.4. The molecule has 4 nitrogen and oxygen atoms in total. The van der Waals surface area contributed by atoms with E-state index in [4.69, 9.17) is 0 Å². The van der Waals surface area contributed by atoms with Crippen LogP contribution in [-0.4, -0.2) is 24.9 Å². The van der Waals surface area contributed by atoms with Crippen molar-refractivity contribution in [2.24, 2.45) is 0 Å². The van der Waals surface area contributed by atoms with E-state index in [1.807, 2.05) is 36.4 Å². The minimum atomic E-state index is -0.0263. The molecule has 0 aliphatic heterocycles. The maximum Gasteiger partial charge on any atom is 0.251 e. The van der Waals surface area contributed by atoms with Crippen LogP contribution in [0.5, 0.6) is 0 Å². The van der Waals surface area contributed by atoms with Gasteiger partial charge in [0.15, 0.2) is 0 Å². The SMILES string of the molecule is CC(C)c1cccc(C(C)C)c1C(=O)NCCCNC(=O)c1c(C(C)C)cccc1C(C)C. The number of benzene rings is 2. The summed E-state index contributed by atoms with van der Waals surface area (Å²) < 4.78 is 0. The molecule has 0 spiro atoms. The van der Waals surface area contributed by atoms with Gasteiger partial charge in [-0.2, -0.15) is 0 Å². The molecule has 0 radical (unpaired) electrons. The van der Waals surface area contributed by atoms with E-state index in [-0.39, 0.29) is 35.5 Å². The summed E-state index contributed by atoms with van der Waals surface area (Å²) in [5.41, 5.74) is 5.94. The Labute approximate surface area is 200 Å². The van der Waals surface area contributed by atoms with Crippen LogP contribution in [0.4, 0.5) is 0 Å². The van der Waals surface area contributed by atoms with E-state index in [1.54, 1.807) is 0 Å². The molecule has 0 fully saturated rings. The van der Waals surface area contributed by atoms with Crippen LogP contribution in [0, 0.1) is 0 Å². The van der Waals surface area contributed by atoms with Gasteiger partial charge in [-0.3, -0.25) is 9.59 Å². The molecule has 0 aliphatic carbocycles. The van der Waals surface area contributed by atoms with Crippen molar-refractivity contribution in [2.45, 2.75) is 85.5 Å². The maximum atomic E-state index is 13.1. The standard InChI is InChI=1S/C29H42N2O2/c1-18(2)22-12-9-13-23(19(3)4)26(22)28(32)30-16-11-17-31-29(33)27-24(20(5)6)14-10-15-25(27)21(7)8/h9-10,12-15,18-21H,11,16-17H2,1-8H3,(H,30,32)(H,31,33). The fraction of sp³-hybridized carbons (Fsp3) is 0.517. The van der Waals surface area contributed by atoms with E-state index < -0.39 is 0 Å². The van der Waals surface area contributed by atoms with Gasteiger partial charge in [0.25, 0.3) is 11.8 Å². The van der Waals surface area contributed by atoms with Crippen molar-refractivity contribution in [1.29, 1.82) is 0 Å². The number of rotatable bonds is 10. The van der Waals surface area contributed by atoms with Gasteiger partial charge in [0.2, 0.25) is 0 Å². The van der Waals surface area contributed by atoms with Gasteiger partial charge in [-0.25, -0.2) is 0 Å². The summed E-state index contributed by atoms with van der Waals surface area (Å²) in [6, 6.07) is 12.3. The Morgan fingerprint density at radius 1 is 0.576 bits per heavy atom. The van der Waals surface area contributed by atoms with Crippen molar-refractivity contribution in [3.8, 4) is 0 Å². The van der Waals surface area contributed by atoms with Crippen molar-refractivity contribution < 1.29 is 9.59 Å². The summed E-state index contributed by atoms with van der Waals surface area (Å²) in [7, 11) is 0. The second-order valence-electron chi connectivity index (χ2n) is 10.1. The molecule has 2 amide bonds. The molecule has 0 bridgehead atoms. The third-order valence-electron chi connectivity index (χ3n) is 6.12. The largest absolute Gasteiger partial charge is 0.352 e. The Balaban J connectivity index is 2.02. The van der Waals surface area contributed by atoms with Crippen molar-refractivity contribution in [3.05, 3.63) is 69.8 Å². The normalized spacial score (nSPS) is 11.5. The quantitative estimate of drug-likeness (QED) is 0.394. The van der Waals surface area contributed by atoms with Gasteiger partial charge in [0, 0.05) is 24.2 Å². The van der Waals surface area contributed by atoms with Crippen LogP contribution in [0.3, 0.4) is 0 Å². The Morgan fingerprint density at radius 2 is 0.848 bits per heavy atom. The fourth-order valence-corrected chi connectivity index (χ4v) is 4.30. The Morgan fingerprint density at radius 3 is 1.09 bits per heavy atom. The lowest BCUT2D eigenvalue weighted by molar-refractivity contribution is 0.0949. The molecule has 0 aliphatic rings. The lowest BCUT2D eigenvalue weighted by Crippen LogP contribution is -2.32. The number of hydrogen-bond donors (Lipinski definition) is 2. The van der Waals surface area contributed by atoms with Gasteiger partial charge >= 0.3 is 0 Å². The van der Waals surface area contributed by atoms with Crippen LogP contribution < -0.4 is 10.6 Å². The highest BCUT2D eigenvalue weighted by Crippen LogP contribution is 2.28. The predicted octanol–water partition coefficient (Wildman–Crippen LogP) is 6.73. The molecule has 33 heavy (non-hydrogen) atoms. The summed E-state index contributed by atoms with van der Waals surface area (Å²) in [4.78, 5) is 26.1. The van der Waals surface area contributed by atoms with Crippen LogP contribution >= 0.6 is 0 Å². The molecule has 0 aromatic heterocycles. The highest BCUT2D eigenvalue weighted by molar-refractivity contribution is 5.98. The second kappa shape index (κ2) is 12.0. The van der Waals surface area contributed by atoms with Gasteiger partial charge < -0.3 is 10.6 Å². The van der Waals surface area contributed by atoms with Crippen molar-refractivity contribution in [2.75, 3.05) is 13.1 Å². The third-order valence-corrected chi connectivity index (χ3v) is 6.12. The average molecular weight is 451 g/mol. The van der Waals surface area contributed by atoms with Crippen molar-refractivity contribution in [1.82, 2.24) is 10.6 Å². The van der Waals surface area contributed by atoms with Crippen LogP contribution in [0.15, 0.2) is 36.4 Å². The monoisotopic (exact) mass is 450 g/mol. The van der Waals surface area contributed by atoms with E-state index >= 15 is 0 Å². The van der Waals surface area contributed by atoms with Gasteiger partial charge in [0.05, 0.1) is 0 Å². The molecule has 2 rings (SSSR count). The number of carbonyl (C=O) groups is 2. The fourth-order valence-electron chi connectivity index (χ4n) is 4.30. The summed E-state index contributed by atoms with van der Waals surface area (Å²) >= 11 is 0. The molecule has 2 aromatic carbocycles. The predicted molar refractivity (Wildman–Crippen MR) is 139 cm³/mol. The zero-order valence-corrected chi connectivity index (χ0v) is 21.7. The minimum Gasteiger partial charge on any atom is -0.352 e. The van der Waals surface area contributed by atoms with Crippen LogP contribution in [0.25, 0.3) is 0 Å². The summed E-state index contributed by atoms with van der Waals surface area (Å²) in [5.74, 6) is 1.06. The molecule has 0 unspecified atom stereocenters. The number of hydrogen-bond acceptors (Lipinski definition) is 2. The number of nitrogens with one attached hydrogen (secondary N) is 2. The average Bonchev–Trinajstić information content (AvgIpc) is 2.77. The van der Waals surface area contributed by atoms with E-state index in [2.05, 4.69) is 66.0 Å². The van der Waals surface area contributed by atoms with E-state index in [0.717, 1.165) is 33.4 Å². The smallest absolute Gasteiger partial charge is 0.251 e. The maximum absolute atomic E-state index is 13.1. The molecule has 2 N–H and O–H groups in total. The van der Waals surface area contributed by atoms with Gasteiger partial charge in [-0.05, 0) is 52.3 Å². The summed E-state index contributed by atoms with van der Waals surface area (Å²) in [5, 5.41) is 6.14. The molecule has 4 heteroatoms. The first kappa shape index (κ1) is 26.6. The third kappa shape index (κ3) is 6.69. The lowest BCUT2D eigenvalue weighted by Gasteiger charge is -2.20. The van der Waals surface area contributed by atoms with E-state index in [1.165, 1.54) is 0 Å². The summed E-state index contributed by atoms with van der Waals surface area (Å²) in [6.45, 7) is 18.0. The highest BCUT2D eigenvalue weighted by Gasteiger charge is 2.21. The second-order valence-corrected chi connectivity index (χ2v) is 10.1. The van der Waals surface area contributed by atoms with Crippen molar-refractivity contribution in [3.63, 3.8) is 0 Å². The zero-order valence-electron chi connectivity index (χ0n) is 21.7. The molecular formula is C29H42N2O2. The molecule has 2 aromatic rings. The first-order valence-electron chi connectivity index (χ1n) is 12.4. The highest BCUT2D eigenvalue weighted by atomic mass is 16.2. The van der Waals surface area contributed by atoms with Gasteiger partial charge in [-0.15, -0.1) is 0 Å².